The van der Waals surface area contributed by atoms with Crippen LogP contribution in [0.5, 0.6) is 11.5 Å². The highest BCUT2D eigenvalue weighted by atomic mass is 16.5. The molecule has 0 spiro atoms. The molecule has 0 saturated carbocycles. The Labute approximate surface area is 191 Å². The number of rotatable bonds is 8. The van der Waals surface area contributed by atoms with Crippen molar-refractivity contribution in [1.82, 2.24) is 14.8 Å². The number of hydrogen-bond acceptors (Lipinski definition) is 5. The van der Waals surface area contributed by atoms with E-state index in [0.29, 0.717) is 17.2 Å². The van der Waals surface area contributed by atoms with Crippen LogP contribution in [0.15, 0.2) is 48.7 Å². The molecule has 0 aliphatic carbocycles. The topological polar surface area (TPSA) is 102 Å². The quantitative estimate of drug-likeness (QED) is 0.514. The molecule has 1 atom stereocenters. The van der Waals surface area contributed by atoms with Crippen molar-refractivity contribution in [3.8, 4) is 11.5 Å². The van der Waals surface area contributed by atoms with Gasteiger partial charge in [0.2, 0.25) is 5.91 Å². The van der Waals surface area contributed by atoms with Crippen molar-refractivity contribution in [3.05, 3.63) is 54.2 Å². The summed E-state index contributed by atoms with van der Waals surface area (Å²) in [6, 6.07) is 11.7. The van der Waals surface area contributed by atoms with Gasteiger partial charge < -0.3 is 24.7 Å². The highest BCUT2D eigenvalue weighted by molar-refractivity contribution is 6.04. The lowest BCUT2D eigenvalue weighted by molar-refractivity contribution is -0.128. The average Bonchev–Trinajstić information content (AvgIpc) is 3.31. The first-order valence-corrected chi connectivity index (χ1v) is 10.6. The Bertz CT molecular complexity index is 1220. The molecule has 2 N–H and O–H groups in total. The van der Waals surface area contributed by atoms with E-state index in [-0.39, 0.29) is 31.2 Å². The van der Waals surface area contributed by atoms with Crippen LogP contribution >= 0.6 is 0 Å². The third-order valence-electron chi connectivity index (χ3n) is 5.73. The molecule has 1 saturated heterocycles. The highest BCUT2D eigenvalue weighted by Gasteiger charge is 2.37. The average molecular weight is 450 g/mol. The number of benzene rings is 2. The van der Waals surface area contributed by atoms with Crippen LogP contribution in [0.3, 0.4) is 0 Å². The van der Waals surface area contributed by atoms with Crippen molar-refractivity contribution >= 4 is 34.4 Å². The number of aryl methyl sites for hydroxylation is 1. The van der Waals surface area contributed by atoms with Crippen LogP contribution in [-0.2, 0) is 23.2 Å². The fraction of sp³-hybridized carbons (Fsp3) is 0.292. The number of methoxy groups -OCH3 is 2. The zero-order chi connectivity index (χ0) is 23.5. The summed E-state index contributed by atoms with van der Waals surface area (Å²) in [6.45, 7) is 0.102. The van der Waals surface area contributed by atoms with Gasteiger partial charge in [-0.1, -0.05) is 12.1 Å². The van der Waals surface area contributed by atoms with E-state index < -0.39 is 12.1 Å². The molecular weight excluding hydrogens is 424 g/mol. The molecule has 2 heterocycles. The summed E-state index contributed by atoms with van der Waals surface area (Å²) in [7, 11) is 5.00. The van der Waals surface area contributed by atoms with Gasteiger partial charge in [-0.05, 0) is 47.7 Å². The maximum Gasteiger partial charge on any atom is 0.325 e. The Balaban J connectivity index is 1.34. The number of anilines is 1. The molecule has 4 amide bonds. The van der Waals surface area contributed by atoms with Crippen molar-refractivity contribution in [2.45, 2.75) is 25.4 Å². The van der Waals surface area contributed by atoms with E-state index in [9.17, 15) is 14.4 Å². The predicted molar refractivity (Wildman–Crippen MR) is 123 cm³/mol. The van der Waals surface area contributed by atoms with Crippen molar-refractivity contribution < 1.29 is 23.9 Å². The summed E-state index contributed by atoms with van der Waals surface area (Å²) in [5, 5.41) is 6.62. The molecule has 4 rings (SSSR count). The number of carbonyl (C=O) groups is 3. The minimum atomic E-state index is -0.737. The molecular formula is C24H26N4O5. The van der Waals surface area contributed by atoms with Crippen LogP contribution in [0.25, 0.3) is 10.9 Å². The summed E-state index contributed by atoms with van der Waals surface area (Å²) >= 11 is 0. The Hall–Kier alpha value is -4.01. The van der Waals surface area contributed by atoms with Gasteiger partial charge in [-0.2, -0.15) is 0 Å². The van der Waals surface area contributed by atoms with Crippen molar-refractivity contribution in [3.63, 3.8) is 0 Å². The van der Waals surface area contributed by atoms with E-state index in [1.807, 2.05) is 42.1 Å². The van der Waals surface area contributed by atoms with Crippen LogP contribution in [-0.4, -0.2) is 47.6 Å². The summed E-state index contributed by atoms with van der Waals surface area (Å²) < 4.78 is 12.5. The molecule has 33 heavy (non-hydrogen) atoms. The first-order chi connectivity index (χ1) is 15.9. The first kappa shape index (κ1) is 22.2. The second-order valence-corrected chi connectivity index (χ2v) is 7.90. The molecule has 1 aliphatic rings. The third-order valence-corrected chi connectivity index (χ3v) is 5.73. The molecule has 0 bridgehead atoms. The number of amides is 4. The van der Waals surface area contributed by atoms with E-state index in [4.69, 9.17) is 9.47 Å². The fourth-order valence-corrected chi connectivity index (χ4v) is 3.92. The second kappa shape index (κ2) is 9.23. The van der Waals surface area contributed by atoms with Crippen LogP contribution in [0.4, 0.5) is 10.5 Å². The van der Waals surface area contributed by atoms with Gasteiger partial charge >= 0.3 is 6.03 Å². The largest absolute Gasteiger partial charge is 0.493 e. The maximum atomic E-state index is 12.8. The zero-order valence-corrected chi connectivity index (χ0v) is 18.8. The molecule has 9 heteroatoms. The van der Waals surface area contributed by atoms with Crippen molar-refractivity contribution in [1.29, 1.82) is 0 Å². The highest BCUT2D eigenvalue weighted by Crippen LogP contribution is 2.28. The molecule has 3 aromatic rings. The lowest BCUT2D eigenvalue weighted by Crippen LogP contribution is -2.31. The number of nitrogens with one attached hydrogen (secondary N) is 2. The van der Waals surface area contributed by atoms with E-state index in [1.165, 1.54) is 14.2 Å². The summed E-state index contributed by atoms with van der Waals surface area (Å²) in [6.07, 6.45) is 2.27. The maximum absolute atomic E-state index is 12.8. The lowest BCUT2D eigenvalue weighted by Gasteiger charge is -2.15. The standard InChI is InChI=1S/C24H26N4O5/c1-27-11-10-16-5-6-17(13-19(16)27)25-22(29)9-7-18-23(30)28(24(31)26-18)14-15-4-8-20(32-2)21(12-15)33-3/h4-6,8,10-13,18H,7,9,14H2,1-3H3,(H,25,29)(H,26,31)/t18-/m0/s1. The number of carbonyl (C=O) groups excluding carboxylic acids is 3. The molecule has 9 nitrogen and oxygen atoms in total. The Morgan fingerprint density at radius 3 is 2.61 bits per heavy atom. The number of ether oxygens (including phenoxy) is 2. The van der Waals surface area contributed by atoms with E-state index in [0.717, 1.165) is 21.4 Å². The summed E-state index contributed by atoms with van der Waals surface area (Å²) in [5.41, 5.74) is 2.42. The first-order valence-electron chi connectivity index (χ1n) is 10.6. The number of fused-ring (bicyclic) bond motifs is 1. The van der Waals surface area contributed by atoms with Crippen molar-refractivity contribution in [2.75, 3.05) is 19.5 Å². The molecule has 172 valence electrons. The second-order valence-electron chi connectivity index (χ2n) is 7.90. The molecule has 1 fully saturated rings. The van der Waals surface area contributed by atoms with Crippen LogP contribution in [0, 0.1) is 0 Å². The lowest BCUT2D eigenvalue weighted by atomic mass is 10.1. The Morgan fingerprint density at radius 2 is 1.85 bits per heavy atom. The zero-order valence-electron chi connectivity index (χ0n) is 18.8. The van der Waals surface area contributed by atoms with Crippen LogP contribution in [0.2, 0.25) is 0 Å². The van der Waals surface area contributed by atoms with Gasteiger partial charge in [0.25, 0.3) is 5.91 Å². The third kappa shape index (κ3) is 4.62. The van der Waals surface area contributed by atoms with Gasteiger partial charge in [-0.15, -0.1) is 0 Å². The molecule has 0 unspecified atom stereocenters. The van der Waals surface area contributed by atoms with Crippen molar-refractivity contribution in [2.24, 2.45) is 7.05 Å². The Kier molecular flexibility index (Phi) is 6.21. The van der Waals surface area contributed by atoms with Gasteiger partial charge in [0.1, 0.15) is 6.04 Å². The number of nitrogens with zero attached hydrogens (tertiary/aromatic N) is 2. The van der Waals surface area contributed by atoms with E-state index >= 15 is 0 Å². The number of imide groups is 1. The number of urea groups is 1. The monoisotopic (exact) mass is 450 g/mol. The SMILES string of the molecule is COc1ccc(CN2C(=O)N[C@@H](CCC(=O)Nc3ccc4ccn(C)c4c3)C2=O)cc1OC. The minimum absolute atomic E-state index is 0.102. The molecule has 2 aromatic carbocycles. The minimum Gasteiger partial charge on any atom is -0.493 e. The molecule has 1 aliphatic heterocycles. The molecule has 0 radical (unpaired) electrons. The predicted octanol–water partition coefficient (Wildman–Crippen LogP) is 3.03. The van der Waals surface area contributed by atoms with Gasteiger partial charge in [0.05, 0.1) is 20.8 Å². The normalized spacial score (nSPS) is 15.6. The number of aromatic nitrogens is 1. The van der Waals surface area contributed by atoms with Crippen LogP contribution in [0.1, 0.15) is 18.4 Å². The van der Waals surface area contributed by atoms with Gasteiger partial charge in [-0.25, -0.2) is 4.79 Å². The van der Waals surface area contributed by atoms with Gasteiger partial charge in [0.15, 0.2) is 11.5 Å². The summed E-state index contributed by atoms with van der Waals surface area (Å²) in [5.74, 6) is 0.509. The number of hydrogen-bond donors (Lipinski definition) is 2. The fourth-order valence-electron chi connectivity index (χ4n) is 3.92. The van der Waals surface area contributed by atoms with Crippen LogP contribution < -0.4 is 20.1 Å². The van der Waals surface area contributed by atoms with Gasteiger partial charge in [0, 0.05) is 30.9 Å². The summed E-state index contributed by atoms with van der Waals surface area (Å²) in [4.78, 5) is 38.7. The van der Waals surface area contributed by atoms with Gasteiger partial charge in [-0.3, -0.25) is 14.5 Å². The Morgan fingerprint density at radius 1 is 1.06 bits per heavy atom. The molecule has 1 aromatic heterocycles. The van der Waals surface area contributed by atoms with E-state index in [2.05, 4.69) is 10.6 Å². The smallest absolute Gasteiger partial charge is 0.325 e. The van der Waals surface area contributed by atoms with E-state index in [1.54, 1.807) is 18.2 Å².